The van der Waals surface area contributed by atoms with Crippen LogP contribution in [-0.4, -0.2) is 51.3 Å². The second-order valence-corrected chi connectivity index (χ2v) is 4.63. The smallest absolute Gasteiger partial charge is 0.249 e. The topological polar surface area (TPSA) is 84.2 Å². The number of rotatable bonds is 2. The van der Waals surface area contributed by atoms with Crippen LogP contribution >= 0.6 is 11.3 Å². The largest absolute Gasteiger partial charge is 0.378 e. The maximum atomic E-state index is 5.29. The lowest BCUT2D eigenvalue weighted by Crippen LogP contribution is -2.36. The Morgan fingerprint density at radius 3 is 3.00 bits per heavy atom. The fraction of sp³-hybridized carbons (Fsp3) is 0.556. The van der Waals surface area contributed by atoms with E-state index in [9.17, 15) is 0 Å². The summed E-state index contributed by atoms with van der Waals surface area (Å²) < 4.78 is 6.98. The molecule has 9 heteroatoms. The van der Waals surface area contributed by atoms with Crippen LogP contribution < -0.4 is 9.70 Å². The molecule has 2 aromatic rings. The highest BCUT2D eigenvalue weighted by Gasteiger charge is 2.15. The number of aryl methyl sites for hydroxylation is 1. The lowest BCUT2D eigenvalue weighted by molar-refractivity contribution is 0.122. The average molecular weight is 267 g/mol. The van der Waals surface area contributed by atoms with Gasteiger partial charge in [0, 0.05) is 20.1 Å². The Balaban J connectivity index is 1.83. The second kappa shape index (κ2) is 4.86. The van der Waals surface area contributed by atoms with Crippen LogP contribution in [0.25, 0.3) is 0 Å². The standard InChI is InChI=1S/C9H13N7OS/c1-15-9(18-6-10-15)12-7-11-8(14-13-7)16-2-4-17-5-3-16/h6H,2-5H2,1H3,(H,11,13,14)/b12-9+. The SMILES string of the molecule is Cn1ncs/c1=N/c1nc(N2CCOCC2)n[nH]1. The van der Waals surface area contributed by atoms with Crippen molar-refractivity contribution in [2.24, 2.45) is 12.0 Å². The Bertz CT molecular complexity index is 580. The highest BCUT2D eigenvalue weighted by atomic mass is 32.1. The highest BCUT2D eigenvalue weighted by molar-refractivity contribution is 7.06. The first-order valence-corrected chi connectivity index (χ1v) is 6.47. The van der Waals surface area contributed by atoms with Gasteiger partial charge in [0.2, 0.25) is 16.7 Å². The minimum atomic E-state index is 0.497. The van der Waals surface area contributed by atoms with E-state index in [2.05, 4.69) is 30.2 Å². The third kappa shape index (κ3) is 2.27. The first kappa shape index (κ1) is 11.4. The first-order chi connectivity index (χ1) is 8.83. The van der Waals surface area contributed by atoms with E-state index in [1.54, 1.807) is 10.2 Å². The van der Waals surface area contributed by atoms with E-state index in [1.165, 1.54) is 11.3 Å². The third-order valence-corrected chi connectivity index (χ3v) is 3.38. The Morgan fingerprint density at radius 2 is 2.28 bits per heavy atom. The second-order valence-electron chi connectivity index (χ2n) is 3.82. The summed E-state index contributed by atoms with van der Waals surface area (Å²) in [6, 6.07) is 0. The van der Waals surface area contributed by atoms with Crippen molar-refractivity contribution in [1.29, 1.82) is 0 Å². The molecular weight excluding hydrogens is 254 g/mol. The molecule has 0 aliphatic carbocycles. The monoisotopic (exact) mass is 267 g/mol. The van der Waals surface area contributed by atoms with E-state index in [0.717, 1.165) is 17.9 Å². The molecule has 2 aromatic heterocycles. The van der Waals surface area contributed by atoms with Crippen LogP contribution in [0, 0.1) is 0 Å². The summed E-state index contributed by atoms with van der Waals surface area (Å²) in [7, 11) is 1.84. The van der Waals surface area contributed by atoms with Gasteiger partial charge in [0.25, 0.3) is 0 Å². The maximum absolute atomic E-state index is 5.29. The molecule has 1 aliphatic rings. The van der Waals surface area contributed by atoms with Gasteiger partial charge in [-0.05, 0) is 0 Å². The Morgan fingerprint density at radius 1 is 1.44 bits per heavy atom. The van der Waals surface area contributed by atoms with E-state index in [4.69, 9.17) is 4.74 Å². The zero-order chi connectivity index (χ0) is 12.4. The number of hydrogen-bond donors (Lipinski definition) is 1. The molecule has 0 atom stereocenters. The molecule has 1 fully saturated rings. The summed E-state index contributed by atoms with van der Waals surface area (Å²) in [5.74, 6) is 1.17. The Labute approximate surface area is 107 Å². The molecule has 18 heavy (non-hydrogen) atoms. The van der Waals surface area contributed by atoms with E-state index < -0.39 is 0 Å². The van der Waals surface area contributed by atoms with Crippen LogP contribution in [0.3, 0.4) is 0 Å². The van der Waals surface area contributed by atoms with Crippen LogP contribution in [0.5, 0.6) is 0 Å². The van der Waals surface area contributed by atoms with Crippen molar-refractivity contribution < 1.29 is 4.74 Å². The van der Waals surface area contributed by atoms with Gasteiger partial charge in [-0.1, -0.05) is 11.3 Å². The van der Waals surface area contributed by atoms with Gasteiger partial charge in [-0.25, -0.2) is 9.78 Å². The van der Waals surface area contributed by atoms with Crippen molar-refractivity contribution in [1.82, 2.24) is 25.0 Å². The first-order valence-electron chi connectivity index (χ1n) is 5.59. The molecule has 0 saturated carbocycles. The van der Waals surface area contributed by atoms with Gasteiger partial charge in [-0.2, -0.15) is 15.1 Å². The molecule has 1 saturated heterocycles. The summed E-state index contributed by atoms with van der Waals surface area (Å²) in [6.07, 6.45) is 0. The Hall–Kier alpha value is -1.74. The number of aromatic amines is 1. The molecule has 0 spiro atoms. The van der Waals surface area contributed by atoms with E-state index in [0.29, 0.717) is 25.1 Å². The third-order valence-electron chi connectivity index (χ3n) is 2.61. The number of nitrogens with zero attached hydrogens (tertiary/aromatic N) is 6. The fourth-order valence-electron chi connectivity index (χ4n) is 1.66. The Kier molecular flexibility index (Phi) is 3.07. The summed E-state index contributed by atoms with van der Waals surface area (Å²) in [6.45, 7) is 3.05. The number of aromatic nitrogens is 5. The molecule has 0 bridgehead atoms. The number of nitrogens with one attached hydrogen (secondary N) is 1. The molecule has 1 aliphatic heterocycles. The predicted molar refractivity (Wildman–Crippen MR) is 65.7 cm³/mol. The van der Waals surface area contributed by atoms with Gasteiger partial charge in [-0.3, -0.25) is 0 Å². The van der Waals surface area contributed by atoms with Crippen molar-refractivity contribution in [3.8, 4) is 0 Å². The number of anilines is 1. The van der Waals surface area contributed by atoms with Crippen LogP contribution in [-0.2, 0) is 11.8 Å². The molecular formula is C9H13N7OS. The van der Waals surface area contributed by atoms with Crippen molar-refractivity contribution >= 4 is 23.2 Å². The van der Waals surface area contributed by atoms with Crippen molar-refractivity contribution in [2.45, 2.75) is 0 Å². The molecule has 1 N–H and O–H groups in total. The van der Waals surface area contributed by atoms with Gasteiger partial charge < -0.3 is 9.64 Å². The number of H-pyrrole nitrogens is 1. The van der Waals surface area contributed by atoms with E-state index in [1.807, 2.05) is 7.05 Å². The maximum Gasteiger partial charge on any atom is 0.249 e. The minimum Gasteiger partial charge on any atom is -0.378 e. The lowest BCUT2D eigenvalue weighted by Gasteiger charge is -2.25. The van der Waals surface area contributed by atoms with Crippen LogP contribution in [0.1, 0.15) is 0 Å². The number of ether oxygens (including phenoxy) is 1. The molecule has 0 aromatic carbocycles. The number of hydrogen-bond acceptors (Lipinski definition) is 7. The molecule has 8 nitrogen and oxygen atoms in total. The molecule has 3 heterocycles. The van der Waals surface area contributed by atoms with Crippen molar-refractivity contribution in [3.05, 3.63) is 10.3 Å². The summed E-state index contributed by atoms with van der Waals surface area (Å²) >= 11 is 1.45. The summed E-state index contributed by atoms with van der Waals surface area (Å²) in [5.41, 5.74) is 1.73. The van der Waals surface area contributed by atoms with Crippen LogP contribution in [0.2, 0.25) is 0 Å². The van der Waals surface area contributed by atoms with E-state index in [-0.39, 0.29) is 0 Å². The molecule has 96 valence electrons. The molecule has 0 radical (unpaired) electrons. The average Bonchev–Trinajstić information content (AvgIpc) is 3.02. The van der Waals surface area contributed by atoms with E-state index >= 15 is 0 Å². The van der Waals surface area contributed by atoms with Crippen LogP contribution in [0.4, 0.5) is 11.9 Å². The predicted octanol–water partition coefficient (Wildman–Crippen LogP) is -0.331. The van der Waals surface area contributed by atoms with Gasteiger partial charge in [-0.15, -0.1) is 5.10 Å². The highest BCUT2D eigenvalue weighted by Crippen LogP contribution is 2.12. The van der Waals surface area contributed by atoms with Crippen molar-refractivity contribution in [2.75, 3.05) is 31.2 Å². The van der Waals surface area contributed by atoms with Gasteiger partial charge in [0.05, 0.1) is 13.2 Å². The lowest BCUT2D eigenvalue weighted by atomic mass is 10.4. The van der Waals surface area contributed by atoms with Crippen LogP contribution in [0.15, 0.2) is 10.5 Å². The summed E-state index contributed by atoms with van der Waals surface area (Å²) in [5, 5.41) is 11.1. The minimum absolute atomic E-state index is 0.497. The zero-order valence-corrected chi connectivity index (χ0v) is 10.7. The van der Waals surface area contributed by atoms with Gasteiger partial charge in [0.15, 0.2) is 0 Å². The normalized spacial score (nSPS) is 17.4. The number of morpholine rings is 1. The van der Waals surface area contributed by atoms with Crippen molar-refractivity contribution in [3.63, 3.8) is 0 Å². The molecule has 0 unspecified atom stereocenters. The zero-order valence-electron chi connectivity index (χ0n) is 9.91. The summed E-state index contributed by atoms with van der Waals surface area (Å²) in [4.78, 5) is 11.6. The molecule has 3 rings (SSSR count). The molecule has 0 amide bonds. The fourth-order valence-corrected chi connectivity index (χ4v) is 2.28. The quantitative estimate of drug-likeness (QED) is 0.805. The van der Waals surface area contributed by atoms with Gasteiger partial charge in [0.1, 0.15) is 5.51 Å². The van der Waals surface area contributed by atoms with Gasteiger partial charge >= 0.3 is 0 Å².